The van der Waals surface area contributed by atoms with Gasteiger partial charge in [-0.1, -0.05) is 103 Å². The van der Waals surface area contributed by atoms with Crippen LogP contribution in [0.15, 0.2) is 128 Å². The van der Waals surface area contributed by atoms with Crippen molar-refractivity contribution in [3.8, 4) is 11.1 Å². The molecule has 0 aliphatic carbocycles. The number of anilines is 3. The summed E-state index contributed by atoms with van der Waals surface area (Å²) < 4.78 is 0. The van der Waals surface area contributed by atoms with E-state index in [1.807, 2.05) is 6.20 Å². The Morgan fingerprint density at radius 3 is 1.62 bits per heavy atom. The molecule has 1 heterocycles. The van der Waals surface area contributed by atoms with E-state index in [-0.39, 0.29) is 0 Å². The second kappa shape index (κ2) is 8.49. The molecule has 0 aliphatic rings. The number of hydrogen-bond donors (Lipinski definition) is 0. The van der Waals surface area contributed by atoms with Crippen LogP contribution in [-0.2, 0) is 0 Å². The SMILES string of the molecule is Cc1ccc(N(c2ccccc2)c2c3ccccc3c(-c3ccccc3)c3ccccc23)nc1. The van der Waals surface area contributed by atoms with Gasteiger partial charge < -0.3 is 0 Å². The summed E-state index contributed by atoms with van der Waals surface area (Å²) in [5, 5.41) is 4.86. The molecular formula is C32H24N2. The van der Waals surface area contributed by atoms with E-state index < -0.39 is 0 Å². The molecule has 0 fully saturated rings. The van der Waals surface area contributed by atoms with E-state index in [9.17, 15) is 0 Å². The van der Waals surface area contributed by atoms with E-state index in [1.54, 1.807) is 0 Å². The lowest BCUT2D eigenvalue weighted by Crippen LogP contribution is -2.13. The summed E-state index contributed by atoms with van der Waals surface area (Å²) in [7, 11) is 0. The van der Waals surface area contributed by atoms with Crippen LogP contribution in [0.25, 0.3) is 32.7 Å². The largest absolute Gasteiger partial charge is 0.294 e. The monoisotopic (exact) mass is 436 g/mol. The molecule has 0 spiro atoms. The van der Waals surface area contributed by atoms with Crippen LogP contribution in [-0.4, -0.2) is 4.98 Å². The standard InChI is InChI=1S/C32H24N2/c1-23-20-21-30(33-22-23)34(25-14-6-3-7-15-25)32-28-18-10-8-16-26(28)31(24-12-4-2-5-13-24)27-17-9-11-19-29(27)32/h2-22H,1H3. The van der Waals surface area contributed by atoms with Gasteiger partial charge >= 0.3 is 0 Å². The first-order chi connectivity index (χ1) is 16.8. The maximum absolute atomic E-state index is 4.85. The third-order valence-electron chi connectivity index (χ3n) is 6.33. The predicted octanol–water partition coefficient (Wildman–Crippen LogP) is 8.83. The Hall–Kier alpha value is -4.43. The van der Waals surface area contributed by atoms with Gasteiger partial charge in [-0.15, -0.1) is 0 Å². The van der Waals surface area contributed by atoms with Crippen molar-refractivity contribution in [1.29, 1.82) is 0 Å². The lowest BCUT2D eigenvalue weighted by Gasteiger charge is -2.28. The molecular weight excluding hydrogens is 412 g/mol. The minimum atomic E-state index is 0.902. The molecule has 2 heteroatoms. The Kier molecular flexibility index (Phi) is 5.04. The van der Waals surface area contributed by atoms with Gasteiger partial charge in [0.05, 0.1) is 5.69 Å². The van der Waals surface area contributed by atoms with Gasteiger partial charge in [0.15, 0.2) is 0 Å². The average molecular weight is 437 g/mol. The molecule has 6 rings (SSSR count). The van der Waals surface area contributed by atoms with E-state index in [0.717, 1.165) is 22.8 Å². The van der Waals surface area contributed by atoms with Gasteiger partial charge in [0.25, 0.3) is 0 Å². The molecule has 0 saturated carbocycles. The number of pyridine rings is 1. The first kappa shape index (κ1) is 20.2. The van der Waals surface area contributed by atoms with Crippen LogP contribution in [0.1, 0.15) is 5.56 Å². The molecule has 0 saturated heterocycles. The summed E-state index contributed by atoms with van der Waals surface area (Å²) in [6.07, 6.45) is 1.94. The lowest BCUT2D eigenvalue weighted by atomic mass is 9.90. The van der Waals surface area contributed by atoms with E-state index >= 15 is 0 Å². The highest BCUT2D eigenvalue weighted by molar-refractivity contribution is 6.22. The number of para-hydroxylation sites is 1. The maximum atomic E-state index is 4.85. The van der Waals surface area contributed by atoms with E-state index in [4.69, 9.17) is 4.98 Å². The Morgan fingerprint density at radius 2 is 1.06 bits per heavy atom. The zero-order chi connectivity index (χ0) is 22.9. The predicted molar refractivity (Wildman–Crippen MR) is 144 cm³/mol. The van der Waals surface area contributed by atoms with Gasteiger partial charge in [0, 0.05) is 22.7 Å². The lowest BCUT2D eigenvalue weighted by molar-refractivity contribution is 1.17. The van der Waals surface area contributed by atoms with E-state index in [2.05, 4.69) is 133 Å². The topological polar surface area (TPSA) is 16.1 Å². The summed E-state index contributed by atoms with van der Waals surface area (Å²) >= 11 is 0. The Bertz CT molecular complexity index is 1530. The number of aromatic nitrogens is 1. The highest BCUT2D eigenvalue weighted by atomic mass is 15.2. The zero-order valence-corrected chi connectivity index (χ0v) is 19.0. The van der Waals surface area contributed by atoms with E-state index in [1.165, 1.54) is 32.7 Å². The summed E-state index contributed by atoms with van der Waals surface area (Å²) in [6.45, 7) is 2.07. The molecule has 34 heavy (non-hydrogen) atoms. The second-order valence-corrected chi connectivity index (χ2v) is 8.55. The maximum Gasteiger partial charge on any atom is 0.137 e. The quantitative estimate of drug-likeness (QED) is 0.257. The molecule has 0 unspecified atom stereocenters. The Morgan fingerprint density at radius 1 is 0.529 bits per heavy atom. The summed E-state index contributed by atoms with van der Waals surface area (Å²) in [5.74, 6) is 0.902. The summed E-state index contributed by atoms with van der Waals surface area (Å²) in [6, 6.07) is 42.9. The molecule has 5 aromatic carbocycles. The molecule has 0 amide bonds. The average Bonchev–Trinajstić information content (AvgIpc) is 2.90. The van der Waals surface area contributed by atoms with Crippen LogP contribution in [0.2, 0.25) is 0 Å². The fraction of sp³-hybridized carbons (Fsp3) is 0.0312. The van der Waals surface area contributed by atoms with Gasteiger partial charge in [0.1, 0.15) is 5.82 Å². The number of nitrogens with zero attached hydrogens (tertiary/aromatic N) is 2. The molecule has 0 aliphatic heterocycles. The number of fused-ring (bicyclic) bond motifs is 2. The molecule has 0 N–H and O–H groups in total. The number of hydrogen-bond acceptors (Lipinski definition) is 2. The zero-order valence-electron chi connectivity index (χ0n) is 19.0. The number of aryl methyl sites for hydroxylation is 1. The third-order valence-corrected chi connectivity index (χ3v) is 6.33. The van der Waals surface area contributed by atoms with Gasteiger partial charge in [-0.2, -0.15) is 0 Å². The van der Waals surface area contributed by atoms with Gasteiger partial charge in [-0.25, -0.2) is 4.98 Å². The van der Waals surface area contributed by atoms with Gasteiger partial charge in [-0.3, -0.25) is 4.90 Å². The van der Waals surface area contributed by atoms with Crippen molar-refractivity contribution in [3.05, 3.63) is 133 Å². The van der Waals surface area contributed by atoms with Crippen molar-refractivity contribution in [2.24, 2.45) is 0 Å². The van der Waals surface area contributed by atoms with Crippen molar-refractivity contribution >= 4 is 38.7 Å². The highest BCUT2D eigenvalue weighted by Crippen LogP contribution is 2.47. The first-order valence-corrected chi connectivity index (χ1v) is 11.6. The van der Waals surface area contributed by atoms with Crippen LogP contribution < -0.4 is 4.90 Å². The van der Waals surface area contributed by atoms with Gasteiger partial charge in [-0.05, 0) is 52.6 Å². The Labute approximate surface area is 199 Å². The summed E-state index contributed by atoms with van der Waals surface area (Å²) in [4.78, 5) is 7.14. The van der Waals surface area contributed by atoms with Crippen LogP contribution >= 0.6 is 0 Å². The van der Waals surface area contributed by atoms with Crippen LogP contribution in [0.4, 0.5) is 17.2 Å². The molecule has 162 valence electrons. The van der Waals surface area contributed by atoms with E-state index in [0.29, 0.717) is 0 Å². The van der Waals surface area contributed by atoms with Crippen molar-refractivity contribution < 1.29 is 0 Å². The smallest absolute Gasteiger partial charge is 0.137 e. The van der Waals surface area contributed by atoms with Crippen LogP contribution in [0.3, 0.4) is 0 Å². The highest BCUT2D eigenvalue weighted by Gasteiger charge is 2.22. The van der Waals surface area contributed by atoms with Crippen molar-refractivity contribution in [3.63, 3.8) is 0 Å². The fourth-order valence-electron chi connectivity index (χ4n) is 4.81. The first-order valence-electron chi connectivity index (χ1n) is 11.6. The van der Waals surface area contributed by atoms with Crippen molar-refractivity contribution in [2.75, 3.05) is 4.90 Å². The van der Waals surface area contributed by atoms with Crippen molar-refractivity contribution in [1.82, 2.24) is 4.98 Å². The van der Waals surface area contributed by atoms with Crippen molar-refractivity contribution in [2.45, 2.75) is 6.92 Å². The molecule has 2 nitrogen and oxygen atoms in total. The molecule has 6 aromatic rings. The minimum absolute atomic E-state index is 0.902. The Balaban J connectivity index is 1.77. The third kappa shape index (κ3) is 3.41. The summed E-state index contributed by atoms with van der Waals surface area (Å²) in [5.41, 5.74) is 5.86. The van der Waals surface area contributed by atoms with Crippen LogP contribution in [0.5, 0.6) is 0 Å². The number of rotatable bonds is 4. The normalized spacial score (nSPS) is 11.1. The van der Waals surface area contributed by atoms with Gasteiger partial charge in [0.2, 0.25) is 0 Å². The molecule has 0 atom stereocenters. The fourth-order valence-corrected chi connectivity index (χ4v) is 4.81. The van der Waals surface area contributed by atoms with Crippen LogP contribution in [0, 0.1) is 6.92 Å². The second-order valence-electron chi connectivity index (χ2n) is 8.55. The minimum Gasteiger partial charge on any atom is -0.294 e. The molecule has 0 bridgehead atoms. The number of benzene rings is 5. The molecule has 0 radical (unpaired) electrons. The molecule has 1 aromatic heterocycles.